The fraction of sp³-hybridized carbons (Fsp3) is 0.0667. The van der Waals surface area contributed by atoms with Crippen LogP contribution in [0, 0.1) is 11.3 Å². The second-order valence-corrected chi connectivity index (χ2v) is 4.46. The molecule has 0 aliphatic heterocycles. The predicted octanol–water partition coefficient (Wildman–Crippen LogP) is 1.80. The Bertz CT molecular complexity index is 894. The molecular formula is C15H11N5O. The van der Waals surface area contributed by atoms with E-state index in [1.807, 2.05) is 18.2 Å². The van der Waals surface area contributed by atoms with Crippen molar-refractivity contribution in [3.05, 3.63) is 64.2 Å². The van der Waals surface area contributed by atoms with Gasteiger partial charge in [0, 0.05) is 12.7 Å². The van der Waals surface area contributed by atoms with Crippen LogP contribution in [0.2, 0.25) is 0 Å². The molecule has 2 N–H and O–H groups in total. The molecule has 0 atom stereocenters. The number of anilines is 1. The molecule has 0 spiro atoms. The summed E-state index contributed by atoms with van der Waals surface area (Å²) in [5, 5.41) is 12.7. The summed E-state index contributed by atoms with van der Waals surface area (Å²) in [6.07, 6.45) is 1.61. The van der Waals surface area contributed by atoms with Crippen molar-refractivity contribution < 1.29 is 0 Å². The van der Waals surface area contributed by atoms with E-state index in [-0.39, 0.29) is 0 Å². The van der Waals surface area contributed by atoms with E-state index < -0.39 is 5.69 Å². The number of benzene rings is 1. The van der Waals surface area contributed by atoms with Gasteiger partial charge in [0.15, 0.2) is 0 Å². The lowest BCUT2D eigenvalue weighted by Crippen LogP contribution is -2.14. The Morgan fingerprint density at radius 2 is 2.19 bits per heavy atom. The van der Waals surface area contributed by atoms with Crippen LogP contribution < -0.4 is 11.0 Å². The monoisotopic (exact) mass is 277 g/mol. The molecule has 21 heavy (non-hydrogen) atoms. The van der Waals surface area contributed by atoms with E-state index in [1.165, 1.54) is 0 Å². The maximum absolute atomic E-state index is 11.5. The summed E-state index contributed by atoms with van der Waals surface area (Å²) < 4.78 is 0. The van der Waals surface area contributed by atoms with E-state index in [0.717, 1.165) is 10.9 Å². The van der Waals surface area contributed by atoms with Crippen LogP contribution in [0.1, 0.15) is 11.1 Å². The average molecular weight is 277 g/mol. The number of nitrogens with one attached hydrogen (secondary N) is 2. The van der Waals surface area contributed by atoms with Gasteiger partial charge in [0.05, 0.1) is 17.0 Å². The van der Waals surface area contributed by atoms with Crippen molar-refractivity contribution in [1.29, 1.82) is 5.26 Å². The Kier molecular flexibility index (Phi) is 3.31. The molecule has 0 bridgehead atoms. The molecule has 2 heterocycles. The summed E-state index contributed by atoms with van der Waals surface area (Å²) in [6.45, 7) is 0.468. The molecule has 3 rings (SSSR count). The molecule has 0 radical (unpaired) electrons. The van der Waals surface area contributed by atoms with Gasteiger partial charge in [-0.25, -0.2) is 9.78 Å². The van der Waals surface area contributed by atoms with Gasteiger partial charge in [0.2, 0.25) is 0 Å². The number of hydrogen-bond acceptors (Lipinski definition) is 5. The molecule has 102 valence electrons. The average Bonchev–Trinajstić information content (AvgIpc) is 2.52. The summed E-state index contributed by atoms with van der Waals surface area (Å²) in [5.74, 6) is 0.476. The van der Waals surface area contributed by atoms with Gasteiger partial charge in [-0.3, -0.25) is 4.98 Å². The Morgan fingerprint density at radius 3 is 3.05 bits per heavy atom. The highest BCUT2D eigenvalue weighted by Crippen LogP contribution is 2.16. The lowest BCUT2D eigenvalue weighted by atomic mass is 10.1. The van der Waals surface area contributed by atoms with Crippen molar-refractivity contribution in [3.8, 4) is 6.07 Å². The largest absolute Gasteiger partial charge is 0.365 e. The smallest absolute Gasteiger partial charge is 0.348 e. The Labute approximate surface area is 120 Å². The number of nitriles is 1. The number of hydrogen-bond donors (Lipinski definition) is 2. The zero-order chi connectivity index (χ0) is 14.7. The highest BCUT2D eigenvalue weighted by atomic mass is 16.1. The first-order valence-electron chi connectivity index (χ1n) is 6.34. The maximum Gasteiger partial charge on any atom is 0.348 e. The molecule has 3 aromatic rings. The van der Waals surface area contributed by atoms with Gasteiger partial charge < -0.3 is 5.32 Å². The van der Waals surface area contributed by atoms with Crippen LogP contribution in [-0.4, -0.2) is 15.0 Å². The van der Waals surface area contributed by atoms with Crippen LogP contribution in [-0.2, 0) is 6.54 Å². The Morgan fingerprint density at radius 1 is 1.29 bits per heavy atom. The van der Waals surface area contributed by atoms with E-state index in [9.17, 15) is 4.79 Å². The van der Waals surface area contributed by atoms with Crippen molar-refractivity contribution in [2.24, 2.45) is 0 Å². The van der Waals surface area contributed by atoms with Gasteiger partial charge in [-0.2, -0.15) is 10.2 Å². The maximum atomic E-state index is 11.5. The number of nitrogens with zero attached hydrogens (tertiary/aromatic N) is 3. The van der Waals surface area contributed by atoms with Crippen molar-refractivity contribution in [2.75, 3.05) is 5.32 Å². The molecule has 0 unspecified atom stereocenters. The van der Waals surface area contributed by atoms with Crippen molar-refractivity contribution in [1.82, 2.24) is 15.0 Å². The predicted molar refractivity (Wildman–Crippen MR) is 78.6 cm³/mol. The van der Waals surface area contributed by atoms with Gasteiger partial charge in [0.25, 0.3) is 0 Å². The van der Waals surface area contributed by atoms with E-state index >= 15 is 0 Å². The molecule has 0 saturated carbocycles. The molecule has 1 aromatic carbocycles. The van der Waals surface area contributed by atoms with Crippen LogP contribution in [0.15, 0.2) is 47.4 Å². The van der Waals surface area contributed by atoms with Gasteiger partial charge in [-0.15, -0.1) is 0 Å². The summed E-state index contributed by atoms with van der Waals surface area (Å²) in [4.78, 5) is 22.2. The molecule has 0 saturated heterocycles. The van der Waals surface area contributed by atoms with Crippen molar-refractivity contribution in [2.45, 2.75) is 6.54 Å². The molecule has 6 heteroatoms. The van der Waals surface area contributed by atoms with E-state index in [4.69, 9.17) is 5.26 Å². The number of aromatic amines is 1. The molecule has 6 nitrogen and oxygen atoms in total. The zero-order valence-electron chi connectivity index (χ0n) is 11.0. The summed E-state index contributed by atoms with van der Waals surface area (Å²) >= 11 is 0. The van der Waals surface area contributed by atoms with E-state index in [0.29, 0.717) is 23.6 Å². The summed E-state index contributed by atoms with van der Waals surface area (Å²) in [6, 6.07) is 13.0. The number of pyridine rings is 1. The summed E-state index contributed by atoms with van der Waals surface area (Å²) in [5.41, 5.74) is 1.58. The fourth-order valence-electron chi connectivity index (χ4n) is 2.06. The van der Waals surface area contributed by atoms with Crippen LogP contribution in [0.5, 0.6) is 0 Å². The first-order chi connectivity index (χ1) is 10.3. The molecule has 2 aromatic heterocycles. The van der Waals surface area contributed by atoms with Crippen LogP contribution in [0.4, 0.5) is 5.82 Å². The molecular weight excluding hydrogens is 266 g/mol. The van der Waals surface area contributed by atoms with Gasteiger partial charge >= 0.3 is 5.69 Å². The molecule has 0 aliphatic carbocycles. The zero-order valence-corrected chi connectivity index (χ0v) is 11.0. The van der Waals surface area contributed by atoms with Crippen molar-refractivity contribution in [3.63, 3.8) is 0 Å². The number of aromatic nitrogens is 3. The normalized spacial score (nSPS) is 10.2. The Balaban J connectivity index is 1.91. The Hall–Kier alpha value is -3.20. The molecule has 0 fully saturated rings. The summed E-state index contributed by atoms with van der Waals surface area (Å²) in [7, 11) is 0. The van der Waals surface area contributed by atoms with Crippen LogP contribution >= 0.6 is 0 Å². The van der Waals surface area contributed by atoms with Crippen LogP contribution in [0.3, 0.4) is 0 Å². The molecule has 0 aliphatic rings. The standard InChI is InChI=1S/C15H11N5O/c16-8-10-3-1-4-11(7-10)9-18-14-12-5-2-6-17-13(12)19-15(21)20-14/h1-7H,9H2,(H2,17,18,19,20,21). The van der Waals surface area contributed by atoms with Gasteiger partial charge in [0.1, 0.15) is 11.5 Å². The third-order valence-electron chi connectivity index (χ3n) is 3.02. The lowest BCUT2D eigenvalue weighted by molar-refractivity contribution is 1.05. The third kappa shape index (κ3) is 2.72. The number of fused-ring (bicyclic) bond motifs is 1. The SMILES string of the molecule is N#Cc1cccc(CNc2nc(=O)[nH]c3ncccc23)c1. The first kappa shape index (κ1) is 12.8. The number of H-pyrrole nitrogens is 1. The highest BCUT2D eigenvalue weighted by Gasteiger charge is 2.05. The lowest BCUT2D eigenvalue weighted by Gasteiger charge is -2.08. The first-order valence-corrected chi connectivity index (χ1v) is 6.34. The molecule has 0 amide bonds. The minimum atomic E-state index is -0.450. The highest BCUT2D eigenvalue weighted by molar-refractivity contribution is 5.85. The fourth-order valence-corrected chi connectivity index (χ4v) is 2.06. The van der Waals surface area contributed by atoms with E-state index in [1.54, 1.807) is 24.4 Å². The number of rotatable bonds is 3. The second kappa shape index (κ2) is 5.43. The third-order valence-corrected chi connectivity index (χ3v) is 3.02. The van der Waals surface area contributed by atoms with Crippen molar-refractivity contribution >= 4 is 16.9 Å². The van der Waals surface area contributed by atoms with Gasteiger partial charge in [-0.05, 0) is 29.8 Å². The minimum absolute atomic E-state index is 0.450. The minimum Gasteiger partial charge on any atom is -0.365 e. The quantitative estimate of drug-likeness (QED) is 0.761. The van der Waals surface area contributed by atoms with Gasteiger partial charge in [-0.1, -0.05) is 12.1 Å². The second-order valence-electron chi connectivity index (χ2n) is 4.46. The van der Waals surface area contributed by atoms with Crippen LogP contribution in [0.25, 0.3) is 11.0 Å². The topological polar surface area (TPSA) is 94.5 Å². The van der Waals surface area contributed by atoms with E-state index in [2.05, 4.69) is 26.3 Å².